The van der Waals surface area contributed by atoms with Gasteiger partial charge in [-0.05, 0) is 23.8 Å². The van der Waals surface area contributed by atoms with E-state index in [1.165, 1.54) is 7.11 Å². The molecular formula is C17H17N7O2. The molecule has 0 aliphatic carbocycles. The van der Waals surface area contributed by atoms with E-state index in [2.05, 4.69) is 20.4 Å². The first kappa shape index (κ1) is 15.9. The number of anilines is 3. The Hall–Kier alpha value is -3.62. The van der Waals surface area contributed by atoms with E-state index in [1.807, 2.05) is 23.1 Å². The Morgan fingerprint density at radius 1 is 1.35 bits per heavy atom. The minimum atomic E-state index is -0.362. The number of nitrogens with two attached hydrogens (primary N) is 1. The number of methoxy groups -OCH3 is 1. The second kappa shape index (κ2) is 6.36. The van der Waals surface area contributed by atoms with Crippen molar-refractivity contribution >= 4 is 23.3 Å². The Kier molecular flexibility index (Phi) is 3.88. The minimum Gasteiger partial charge on any atom is -0.465 e. The Morgan fingerprint density at radius 3 is 3.00 bits per heavy atom. The number of carbonyl (C=O) groups is 1. The fourth-order valence-corrected chi connectivity index (χ4v) is 2.86. The second-order valence-electron chi connectivity index (χ2n) is 5.78. The molecular weight excluding hydrogens is 334 g/mol. The molecule has 0 amide bonds. The van der Waals surface area contributed by atoms with Crippen molar-refractivity contribution in [2.45, 2.75) is 6.54 Å². The third kappa shape index (κ3) is 2.79. The summed E-state index contributed by atoms with van der Waals surface area (Å²) in [4.78, 5) is 22.6. The maximum absolute atomic E-state index is 11.7. The number of nitrogen functional groups attached to an aromatic ring is 1. The molecule has 132 valence electrons. The number of fused-ring (bicyclic) bond motifs is 1. The zero-order chi connectivity index (χ0) is 18.1. The van der Waals surface area contributed by atoms with Crippen molar-refractivity contribution in [2.75, 3.05) is 29.7 Å². The molecule has 3 heterocycles. The summed E-state index contributed by atoms with van der Waals surface area (Å²) in [5.74, 6) is 1.11. The quantitative estimate of drug-likeness (QED) is 0.679. The molecule has 26 heavy (non-hydrogen) atoms. The van der Waals surface area contributed by atoms with Gasteiger partial charge < -0.3 is 20.7 Å². The van der Waals surface area contributed by atoms with Crippen LogP contribution in [0.4, 0.5) is 17.3 Å². The Bertz CT molecular complexity index is 956. The molecule has 1 aliphatic rings. The first-order chi connectivity index (χ1) is 12.7. The number of carbonyl (C=O) groups excluding carboxylic acids is 1. The van der Waals surface area contributed by atoms with Crippen LogP contribution in [0.3, 0.4) is 0 Å². The number of ether oxygens (including phenoxy) is 1. The molecule has 0 spiro atoms. The van der Waals surface area contributed by atoms with Crippen molar-refractivity contribution in [3.05, 3.63) is 53.9 Å². The zero-order valence-electron chi connectivity index (χ0n) is 14.1. The molecule has 1 aromatic carbocycles. The number of hydrogen-bond acceptors (Lipinski definition) is 8. The first-order valence-corrected chi connectivity index (χ1v) is 7.99. The molecule has 3 aromatic rings. The standard InChI is InChI=1S/C17H17N7O2/c1-26-16(25)12-5-2-4-11(8-12)9-23-10-19-13-14(18)21-17(22-15(13)23)24-7-3-6-20-24/h2-8,19H,9-10H2,1H3,(H2,18,21,22). The summed E-state index contributed by atoms with van der Waals surface area (Å²) >= 11 is 0. The zero-order valence-corrected chi connectivity index (χ0v) is 14.1. The molecule has 3 N–H and O–H groups in total. The maximum atomic E-state index is 11.7. The fraction of sp³-hybridized carbons (Fsp3) is 0.176. The summed E-state index contributed by atoms with van der Waals surface area (Å²) in [7, 11) is 1.37. The molecule has 0 unspecified atom stereocenters. The van der Waals surface area contributed by atoms with E-state index in [9.17, 15) is 4.79 Å². The summed E-state index contributed by atoms with van der Waals surface area (Å²) < 4.78 is 6.34. The Labute approximate surface area is 149 Å². The van der Waals surface area contributed by atoms with E-state index in [1.54, 1.807) is 29.2 Å². The molecule has 0 saturated carbocycles. The van der Waals surface area contributed by atoms with Crippen LogP contribution >= 0.6 is 0 Å². The molecule has 4 rings (SSSR count). The molecule has 9 nitrogen and oxygen atoms in total. The van der Waals surface area contributed by atoms with Gasteiger partial charge in [-0.3, -0.25) is 0 Å². The SMILES string of the molecule is COC(=O)c1cccc(CN2CNc3c(N)nc(-n4cccn4)nc32)c1. The molecule has 1 aliphatic heterocycles. The average molecular weight is 351 g/mol. The molecule has 0 bridgehead atoms. The highest BCUT2D eigenvalue weighted by atomic mass is 16.5. The second-order valence-corrected chi connectivity index (χ2v) is 5.78. The molecule has 0 atom stereocenters. The van der Waals surface area contributed by atoms with Crippen LogP contribution in [0.2, 0.25) is 0 Å². The third-order valence-electron chi connectivity index (χ3n) is 4.08. The number of esters is 1. The van der Waals surface area contributed by atoms with Crippen LogP contribution in [0.5, 0.6) is 0 Å². The lowest BCUT2D eigenvalue weighted by Crippen LogP contribution is -2.23. The summed E-state index contributed by atoms with van der Waals surface area (Å²) in [6.07, 6.45) is 3.41. The topological polar surface area (TPSA) is 111 Å². The van der Waals surface area contributed by atoms with Gasteiger partial charge in [-0.2, -0.15) is 15.1 Å². The van der Waals surface area contributed by atoms with Gasteiger partial charge in [0.2, 0.25) is 0 Å². The lowest BCUT2D eigenvalue weighted by atomic mass is 10.1. The molecule has 0 radical (unpaired) electrons. The highest BCUT2D eigenvalue weighted by molar-refractivity contribution is 5.89. The van der Waals surface area contributed by atoms with Crippen molar-refractivity contribution in [2.24, 2.45) is 0 Å². The van der Waals surface area contributed by atoms with E-state index in [-0.39, 0.29) is 5.97 Å². The summed E-state index contributed by atoms with van der Waals surface area (Å²) in [5.41, 5.74) is 8.24. The van der Waals surface area contributed by atoms with Gasteiger partial charge in [-0.15, -0.1) is 0 Å². The fourth-order valence-electron chi connectivity index (χ4n) is 2.86. The van der Waals surface area contributed by atoms with Gasteiger partial charge in [-0.1, -0.05) is 12.1 Å². The predicted octanol–water partition coefficient (Wildman–Crippen LogP) is 1.42. The largest absolute Gasteiger partial charge is 0.465 e. The molecule has 2 aromatic heterocycles. The normalized spacial score (nSPS) is 12.6. The number of benzene rings is 1. The summed E-state index contributed by atoms with van der Waals surface area (Å²) in [6, 6.07) is 9.10. The van der Waals surface area contributed by atoms with E-state index >= 15 is 0 Å². The average Bonchev–Trinajstić information content (AvgIpc) is 3.32. The lowest BCUT2D eigenvalue weighted by molar-refractivity contribution is 0.0600. The number of rotatable bonds is 4. The highest BCUT2D eigenvalue weighted by Crippen LogP contribution is 2.34. The van der Waals surface area contributed by atoms with Gasteiger partial charge in [-0.25, -0.2) is 9.48 Å². The van der Waals surface area contributed by atoms with Crippen LogP contribution in [0.1, 0.15) is 15.9 Å². The minimum absolute atomic E-state index is 0.362. The van der Waals surface area contributed by atoms with Crippen LogP contribution in [0.25, 0.3) is 5.95 Å². The van der Waals surface area contributed by atoms with Crippen LogP contribution in [0, 0.1) is 0 Å². The molecule has 0 saturated heterocycles. The number of nitrogens with one attached hydrogen (secondary N) is 1. The lowest BCUT2D eigenvalue weighted by Gasteiger charge is -2.18. The van der Waals surface area contributed by atoms with Gasteiger partial charge in [0.05, 0.1) is 19.3 Å². The number of hydrogen-bond donors (Lipinski definition) is 2. The van der Waals surface area contributed by atoms with E-state index in [0.29, 0.717) is 42.0 Å². The smallest absolute Gasteiger partial charge is 0.337 e. The van der Waals surface area contributed by atoms with Crippen LogP contribution in [-0.4, -0.2) is 39.5 Å². The van der Waals surface area contributed by atoms with Gasteiger partial charge in [0.1, 0.15) is 5.69 Å². The third-order valence-corrected chi connectivity index (χ3v) is 4.08. The van der Waals surface area contributed by atoms with Crippen molar-refractivity contribution in [1.82, 2.24) is 19.7 Å². The van der Waals surface area contributed by atoms with E-state index in [4.69, 9.17) is 10.5 Å². The van der Waals surface area contributed by atoms with Crippen LogP contribution < -0.4 is 16.0 Å². The molecule has 0 fully saturated rings. The Balaban J connectivity index is 1.65. The van der Waals surface area contributed by atoms with Gasteiger partial charge in [0.15, 0.2) is 11.6 Å². The van der Waals surface area contributed by atoms with E-state index < -0.39 is 0 Å². The maximum Gasteiger partial charge on any atom is 0.337 e. The molecule has 9 heteroatoms. The van der Waals surface area contributed by atoms with Crippen LogP contribution in [0.15, 0.2) is 42.7 Å². The summed E-state index contributed by atoms with van der Waals surface area (Å²) in [5, 5.41) is 7.36. The van der Waals surface area contributed by atoms with Crippen molar-refractivity contribution < 1.29 is 9.53 Å². The van der Waals surface area contributed by atoms with Gasteiger partial charge in [0, 0.05) is 18.9 Å². The predicted molar refractivity (Wildman–Crippen MR) is 96.0 cm³/mol. The van der Waals surface area contributed by atoms with Gasteiger partial charge in [0.25, 0.3) is 5.95 Å². The first-order valence-electron chi connectivity index (χ1n) is 7.99. The highest BCUT2D eigenvalue weighted by Gasteiger charge is 2.25. The number of aromatic nitrogens is 4. The van der Waals surface area contributed by atoms with Crippen molar-refractivity contribution in [1.29, 1.82) is 0 Å². The van der Waals surface area contributed by atoms with Crippen molar-refractivity contribution in [3.63, 3.8) is 0 Å². The monoisotopic (exact) mass is 351 g/mol. The van der Waals surface area contributed by atoms with Crippen molar-refractivity contribution in [3.8, 4) is 5.95 Å². The Morgan fingerprint density at radius 2 is 2.23 bits per heavy atom. The van der Waals surface area contributed by atoms with E-state index in [0.717, 1.165) is 5.56 Å². The van der Waals surface area contributed by atoms with Gasteiger partial charge >= 0.3 is 5.97 Å². The number of nitrogens with zero attached hydrogens (tertiary/aromatic N) is 5. The van der Waals surface area contributed by atoms with Crippen LogP contribution in [-0.2, 0) is 11.3 Å². The summed E-state index contributed by atoms with van der Waals surface area (Å²) in [6.45, 7) is 1.10.